The third kappa shape index (κ3) is 2.38. The Balaban J connectivity index is 0.00000144. The van der Waals surface area contributed by atoms with Gasteiger partial charge in [0.1, 0.15) is 0 Å². The topological polar surface area (TPSA) is 28.7 Å². The van der Waals surface area contributed by atoms with Crippen molar-refractivity contribution in [1.29, 1.82) is 0 Å². The molecule has 0 aliphatic rings. The average Bonchev–Trinajstić information content (AvgIpc) is 2.82. The van der Waals surface area contributed by atoms with Gasteiger partial charge in [0.05, 0.1) is 11.2 Å². The molecule has 0 fully saturated rings. The van der Waals surface area contributed by atoms with E-state index in [-0.39, 0.29) is 29.6 Å². The van der Waals surface area contributed by atoms with Crippen LogP contribution in [0.4, 0.5) is 0 Å². The fourth-order valence-corrected chi connectivity index (χ4v) is 2.94. The summed E-state index contributed by atoms with van der Waals surface area (Å²) in [6.45, 7) is 4.26. The Morgan fingerprint density at radius 1 is 0.909 bits per heavy atom. The molecular weight excluding hydrogens is 279 g/mol. The van der Waals surface area contributed by atoms with Crippen LogP contribution in [0.1, 0.15) is 11.3 Å². The largest absolute Gasteiger partial charge is 0.357 e. The quantitative estimate of drug-likeness (QED) is 0.510. The SMILES string of the molecule is Cc1[nH]c2c(-c3ccc4ccccc4c3)nccc2c1C.[Na]. The maximum atomic E-state index is 4.61. The molecule has 103 valence electrons. The number of nitrogens with one attached hydrogen (secondary N) is 1. The fourth-order valence-electron chi connectivity index (χ4n) is 2.94. The number of aryl methyl sites for hydroxylation is 2. The number of fused-ring (bicyclic) bond motifs is 2. The van der Waals surface area contributed by atoms with Crippen LogP contribution in [-0.2, 0) is 0 Å². The van der Waals surface area contributed by atoms with E-state index < -0.39 is 0 Å². The normalized spacial score (nSPS) is 10.8. The van der Waals surface area contributed by atoms with Crippen LogP contribution in [0.3, 0.4) is 0 Å². The van der Waals surface area contributed by atoms with Crippen LogP contribution in [0.2, 0.25) is 0 Å². The van der Waals surface area contributed by atoms with Crippen LogP contribution in [0.25, 0.3) is 32.9 Å². The van der Waals surface area contributed by atoms with Crippen molar-refractivity contribution in [2.75, 3.05) is 0 Å². The summed E-state index contributed by atoms with van der Waals surface area (Å²) in [6.07, 6.45) is 1.90. The fraction of sp³-hybridized carbons (Fsp3) is 0.105. The van der Waals surface area contributed by atoms with Gasteiger partial charge in [-0.3, -0.25) is 4.98 Å². The number of H-pyrrole nitrogens is 1. The molecule has 4 rings (SSSR count). The molecule has 3 heteroatoms. The summed E-state index contributed by atoms with van der Waals surface area (Å²) < 4.78 is 0. The summed E-state index contributed by atoms with van der Waals surface area (Å²) in [4.78, 5) is 8.09. The second kappa shape index (κ2) is 5.88. The second-order valence-electron chi connectivity index (χ2n) is 5.52. The molecule has 1 radical (unpaired) electrons. The van der Waals surface area contributed by atoms with Crippen LogP contribution >= 0.6 is 0 Å². The Bertz CT molecular complexity index is 970. The summed E-state index contributed by atoms with van der Waals surface area (Å²) in [6, 6.07) is 17.0. The van der Waals surface area contributed by atoms with Crippen molar-refractivity contribution in [1.82, 2.24) is 9.97 Å². The molecule has 2 aromatic heterocycles. The second-order valence-corrected chi connectivity index (χ2v) is 5.52. The Kier molecular flexibility index (Phi) is 4.09. The van der Waals surface area contributed by atoms with Gasteiger partial charge in [-0.15, -0.1) is 0 Å². The molecule has 1 N–H and O–H groups in total. The van der Waals surface area contributed by atoms with Gasteiger partial charge < -0.3 is 4.98 Å². The predicted molar refractivity (Wildman–Crippen MR) is 94.3 cm³/mol. The molecule has 0 spiro atoms. The van der Waals surface area contributed by atoms with Gasteiger partial charge in [0.15, 0.2) is 0 Å². The molecule has 4 aromatic rings. The zero-order valence-electron chi connectivity index (χ0n) is 13.1. The van der Waals surface area contributed by atoms with Crippen molar-refractivity contribution in [2.24, 2.45) is 0 Å². The summed E-state index contributed by atoms with van der Waals surface area (Å²) in [5, 5.41) is 3.76. The third-order valence-corrected chi connectivity index (χ3v) is 4.25. The molecule has 22 heavy (non-hydrogen) atoms. The predicted octanol–water partition coefficient (Wildman–Crippen LogP) is 4.62. The van der Waals surface area contributed by atoms with Gasteiger partial charge in [-0.25, -0.2) is 0 Å². The van der Waals surface area contributed by atoms with Crippen molar-refractivity contribution < 1.29 is 0 Å². The van der Waals surface area contributed by atoms with Gasteiger partial charge in [0, 0.05) is 52.4 Å². The van der Waals surface area contributed by atoms with E-state index in [4.69, 9.17) is 0 Å². The van der Waals surface area contributed by atoms with E-state index in [1.54, 1.807) is 0 Å². The first-order chi connectivity index (χ1) is 10.2. The van der Waals surface area contributed by atoms with Crippen LogP contribution in [-0.4, -0.2) is 39.5 Å². The number of hydrogen-bond acceptors (Lipinski definition) is 1. The number of aromatic nitrogens is 2. The number of benzene rings is 2. The summed E-state index contributed by atoms with van der Waals surface area (Å²) in [7, 11) is 0. The zero-order valence-corrected chi connectivity index (χ0v) is 15.1. The van der Waals surface area contributed by atoms with E-state index in [9.17, 15) is 0 Å². The zero-order chi connectivity index (χ0) is 14.4. The molecule has 2 aromatic carbocycles. The smallest absolute Gasteiger partial charge is 0.0943 e. The van der Waals surface area contributed by atoms with Crippen molar-refractivity contribution in [3.63, 3.8) is 0 Å². The van der Waals surface area contributed by atoms with Crippen molar-refractivity contribution >= 4 is 51.2 Å². The van der Waals surface area contributed by atoms with E-state index in [0.29, 0.717) is 0 Å². The Morgan fingerprint density at radius 2 is 1.68 bits per heavy atom. The summed E-state index contributed by atoms with van der Waals surface area (Å²) >= 11 is 0. The average molecular weight is 295 g/mol. The van der Waals surface area contributed by atoms with Crippen LogP contribution in [0, 0.1) is 13.8 Å². The molecule has 0 atom stereocenters. The molecule has 0 saturated carbocycles. The Labute approximate surface area is 151 Å². The minimum absolute atomic E-state index is 0. The number of aromatic amines is 1. The van der Waals surface area contributed by atoms with Gasteiger partial charge >= 0.3 is 0 Å². The van der Waals surface area contributed by atoms with Crippen molar-refractivity contribution in [2.45, 2.75) is 13.8 Å². The molecule has 0 saturated heterocycles. The van der Waals surface area contributed by atoms with Gasteiger partial charge in [0.2, 0.25) is 0 Å². The first-order valence-corrected chi connectivity index (χ1v) is 7.17. The number of pyridine rings is 1. The minimum atomic E-state index is 0. The van der Waals surface area contributed by atoms with E-state index in [1.807, 2.05) is 6.20 Å². The van der Waals surface area contributed by atoms with Gasteiger partial charge in [-0.05, 0) is 42.3 Å². The monoisotopic (exact) mass is 295 g/mol. The van der Waals surface area contributed by atoms with Gasteiger partial charge in [-0.1, -0.05) is 36.4 Å². The van der Waals surface area contributed by atoms with E-state index in [0.717, 1.165) is 16.8 Å². The Morgan fingerprint density at radius 3 is 2.50 bits per heavy atom. The minimum Gasteiger partial charge on any atom is -0.357 e. The van der Waals surface area contributed by atoms with Gasteiger partial charge in [0.25, 0.3) is 0 Å². The van der Waals surface area contributed by atoms with Crippen molar-refractivity contribution in [3.05, 3.63) is 66.0 Å². The third-order valence-electron chi connectivity index (χ3n) is 4.25. The van der Waals surface area contributed by atoms with Crippen molar-refractivity contribution in [3.8, 4) is 11.3 Å². The van der Waals surface area contributed by atoms with E-state index >= 15 is 0 Å². The number of hydrogen-bond donors (Lipinski definition) is 1. The molecule has 2 heterocycles. The maximum Gasteiger partial charge on any atom is 0.0943 e. The first kappa shape index (κ1) is 15.3. The maximum absolute atomic E-state index is 4.61. The van der Waals surface area contributed by atoms with Crippen LogP contribution < -0.4 is 0 Å². The summed E-state index contributed by atoms with van der Waals surface area (Å²) in [5.41, 5.74) is 5.81. The Hall–Kier alpha value is -1.61. The standard InChI is InChI=1S/C19H16N2.Na/c1-12-13(2)21-19-17(12)9-10-20-18(19)16-8-7-14-5-3-4-6-15(14)11-16;/h3-11,21H,1-2H3;. The molecule has 0 bridgehead atoms. The van der Waals surface area contributed by atoms with E-state index in [1.165, 1.54) is 27.4 Å². The molecule has 0 unspecified atom stereocenters. The first-order valence-electron chi connectivity index (χ1n) is 7.17. The van der Waals surface area contributed by atoms with Crippen LogP contribution in [0.5, 0.6) is 0 Å². The molecule has 0 amide bonds. The molecule has 2 nitrogen and oxygen atoms in total. The van der Waals surface area contributed by atoms with Gasteiger partial charge in [-0.2, -0.15) is 0 Å². The summed E-state index contributed by atoms with van der Waals surface area (Å²) in [5.74, 6) is 0. The molecule has 0 aliphatic heterocycles. The van der Waals surface area contributed by atoms with Crippen LogP contribution in [0.15, 0.2) is 54.7 Å². The molecule has 0 aliphatic carbocycles. The number of nitrogens with zero attached hydrogens (tertiary/aromatic N) is 1. The molecular formula is C19H16N2Na. The van der Waals surface area contributed by atoms with E-state index in [2.05, 4.69) is 72.3 Å². The number of rotatable bonds is 1.